The Kier molecular flexibility index (Phi) is 9.15. The molecule has 15 heteroatoms. The average Bonchev–Trinajstić information content (AvgIpc) is 3.01. The Labute approximate surface area is 154 Å². The summed E-state index contributed by atoms with van der Waals surface area (Å²) in [5, 5.41) is 22.2. The number of carboxylic acids is 2. The number of amides is 4. The topological polar surface area (TPSA) is 175 Å². The first-order chi connectivity index (χ1) is 12.3. The number of nitrogens with zero attached hydrogens (tertiary/aromatic N) is 2. The highest BCUT2D eigenvalue weighted by atomic mass is 32.1. The fraction of sp³-hybridized carbons (Fsp3) is 0.417. The van der Waals surface area contributed by atoms with Crippen LogP contribution in [-0.2, 0) is 16.0 Å². The largest absolute Gasteiger partial charge is 0.490 e. The van der Waals surface area contributed by atoms with Crippen LogP contribution < -0.4 is 21.3 Å². The first-order valence-corrected chi connectivity index (χ1v) is 7.69. The number of urea groups is 2. The van der Waals surface area contributed by atoms with Crippen LogP contribution in [0.4, 0.5) is 27.9 Å². The van der Waals surface area contributed by atoms with E-state index in [1.54, 1.807) is 5.38 Å². The highest BCUT2D eigenvalue weighted by molar-refractivity contribution is 7.14. The van der Waals surface area contributed by atoms with E-state index in [0.29, 0.717) is 5.69 Å². The molecule has 0 aromatic carbocycles. The van der Waals surface area contributed by atoms with Crippen molar-refractivity contribution in [3.63, 3.8) is 0 Å². The van der Waals surface area contributed by atoms with Crippen molar-refractivity contribution in [3.05, 3.63) is 11.1 Å². The predicted molar refractivity (Wildman–Crippen MR) is 86.5 cm³/mol. The molecular formula is C12H16F3N5O6S. The minimum atomic E-state index is -5.08. The second kappa shape index (κ2) is 10.3. The van der Waals surface area contributed by atoms with Gasteiger partial charge in [-0.15, -0.1) is 11.3 Å². The molecule has 4 amide bonds. The van der Waals surface area contributed by atoms with Crippen molar-refractivity contribution in [2.24, 2.45) is 5.73 Å². The molecule has 1 heterocycles. The number of carboxylic acid groups (broad SMARTS) is 2. The maximum Gasteiger partial charge on any atom is 0.490 e. The first-order valence-electron chi connectivity index (χ1n) is 6.81. The monoisotopic (exact) mass is 415 g/mol. The summed E-state index contributed by atoms with van der Waals surface area (Å²) in [5.74, 6) is -3.90. The van der Waals surface area contributed by atoms with Crippen molar-refractivity contribution in [3.8, 4) is 0 Å². The van der Waals surface area contributed by atoms with Gasteiger partial charge in [0.1, 0.15) is 6.04 Å². The molecule has 1 aromatic heterocycles. The molecule has 0 aliphatic rings. The lowest BCUT2D eigenvalue weighted by Crippen LogP contribution is -2.46. The Balaban J connectivity index is 0.000000821. The van der Waals surface area contributed by atoms with E-state index in [-0.39, 0.29) is 11.6 Å². The van der Waals surface area contributed by atoms with Crippen LogP contribution in [0.25, 0.3) is 0 Å². The second-order valence-corrected chi connectivity index (χ2v) is 5.36. The van der Waals surface area contributed by atoms with Crippen molar-refractivity contribution in [1.29, 1.82) is 0 Å². The molecule has 0 saturated heterocycles. The minimum Gasteiger partial charge on any atom is -0.480 e. The van der Waals surface area contributed by atoms with Crippen LogP contribution in [0, 0.1) is 0 Å². The summed E-state index contributed by atoms with van der Waals surface area (Å²) in [6.45, 7) is 0. The SMILES string of the molecule is CNC(=O)N(C(=O)NC)c1nc(CC(N)C(=O)O)cs1.O=C(O)C(F)(F)F. The van der Waals surface area contributed by atoms with Gasteiger partial charge in [-0.3, -0.25) is 4.79 Å². The Hall–Kier alpha value is -2.94. The van der Waals surface area contributed by atoms with Crippen LogP contribution in [0.5, 0.6) is 0 Å². The number of aliphatic carboxylic acids is 2. The van der Waals surface area contributed by atoms with Crippen LogP contribution in [0.3, 0.4) is 0 Å². The number of thiazole rings is 1. The van der Waals surface area contributed by atoms with Crippen molar-refractivity contribution in [2.45, 2.75) is 18.6 Å². The van der Waals surface area contributed by atoms with Crippen LogP contribution in [0.2, 0.25) is 0 Å². The van der Waals surface area contributed by atoms with Crippen molar-refractivity contribution < 1.29 is 42.6 Å². The summed E-state index contributed by atoms with van der Waals surface area (Å²) < 4.78 is 31.7. The first kappa shape index (κ1) is 24.1. The molecule has 1 rings (SSSR count). The molecule has 0 saturated carbocycles. The van der Waals surface area contributed by atoms with Gasteiger partial charge in [0.2, 0.25) is 5.13 Å². The number of nitrogens with two attached hydrogens (primary N) is 1. The van der Waals surface area contributed by atoms with Gasteiger partial charge in [-0.1, -0.05) is 0 Å². The number of halogens is 3. The lowest BCUT2D eigenvalue weighted by atomic mass is 10.2. The Bertz CT molecular complexity index is 679. The third-order valence-electron chi connectivity index (χ3n) is 2.55. The average molecular weight is 415 g/mol. The van der Waals surface area contributed by atoms with Gasteiger partial charge in [-0.05, 0) is 0 Å². The molecule has 27 heavy (non-hydrogen) atoms. The van der Waals surface area contributed by atoms with E-state index < -0.39 is 36.2 Å². The zero-order chi connectivity index (χ0) is 21.4. The maximum atomic E-state index is 11.7. The van der Waals surface area contributed by atoms with Gasteiger partial charge in [0.25, 0.3) is 0 Å². The van der Waals surface area contributed by atoms with Crippen LogP contribution in [-0.4, -0.2) is 65.5 Å². The molecule has 0 radical (unpaired) electrons. The smallest absolute Gasteiger partial charge is 0.480 e. The Morgan fingerprint density at radius 3 is 2.00 bits per heavy atom. The normalized spacial score (nSPS) is 11.5. The molecular weight excluding hydrogens is 399 g/mol. The number of carbonyl (C=O) groups excluding carboxylic acids is 2. The summed E-state index contributed by atoms with van der Waals surface area (Å²) in [6, 6.07) is -2.38. The number of hydrogen-bond acceptors (Lipinski definition) is 7. The summed E-state index contributed by atoms with van der Waals surface area (Å²) in [7, 11) is 2.76. The van der Waals surface area contributed by atoms with Crippen LogP contribution in [0.1, 0.15) is 5.69 Å². The molecule has 6 N–H and O–H groups in total. The van der Waals surface area contributed by atoms with Gasteiger partial charge in [0.05, 0.1) is 5.69 Å². The number of hydrogen-bond donors (Lipinski definition) is 5. The Morgan fingerprint density at radius 1 is 1.22 bits per heavy atom. The standard InChI is InChI=1S/C10H15N5O4S.C2HF3O2/c1-12-8(18)15(9(19)13-2)10-14-5(4-20-10)3-6(11)7(16)17;3-2(4,5)1(6)7/h4,6H,3,11H2,1-2H3,(H,12,18)(H,13,19)(H,16,17);(H,6,7). The molecule has 0 aliphatic heterocycles. The van der Waals surface area contributed by atoms with Gasteiger partial charge in [-0.2, -0.15) is 18.1 Å². The minimum absolute atomic E-state index is 0.0150. The van der Waals surface area contributed by atoms with Crippen molar-refractivity contribution >= 4 is 40.5 Å². The van der Waals surface area contributed by atoms with Crippen molar-refractivity contribution in [1.82, 2.24) is 15.6 Å². The number of alkyl halides is 3. The molecule has 152 valence electrons. The van der Waals surface area contributed by atoms with E-state index in [0.717, 1.165) is 16.2 Å². The maximum absolute atomic E-state index is 11.7. The second-order valence-electron chi connectivity index (χ2n) is 4.52. The Morgan fingerprint density at radius 2 is 1.67 bits per heavy atom. The third-order valence-corrected chi connectivity index (χ3v) is 3.43. The van der Waals surface area contributed by atoms with Gasteiger partial charge < -0.3 is 26.6 Å². The zero-order valence-corrected chi connectivity index (χ0v) is 14.7. The van der Waals surface area contributed by atoms with E-state index in [1.165, 1.54) is 14.1 Å². The number of imide groups is 1. The number of aromatic nitrogens is 1. The molecule has 0 aliphatic carbocycles. The molecule has 0 spiro atoms. The fourth-order valence-corrected chi connectivity index (χ4v) is 2.13. The summed E-state index contributed by atoms with van der Waals surface area (Å²) in [5.41, 5.74) is 5.80. The fourth-order valence-electron chi connectivity index (χ4n) is 1.29. The molecule has 1 atom stereocenters. The summed E-state index contributed by atoms with van der Waals surface area (Å²) >= 11 is 1.04. The van der Waals surface area contributed by atoms with Crippen molar-refractivity contribution in [2.75, 3.05) is 19.0 Å². The van der Waals surface area contributed by atoms with Crippen LogP contribution in [0.15, 0.2) is 5.38 Å². The van der Waals surface area contributed by atoms with Gasteiger partial charge in [-0.25, -0.2) is 19.4 Å². The highest BCUT2D eigenvalue weighted by Gasteiger charge is 2.38. The lowest BCUT2D eigenvalue weighted by molar-refractivity contribution is -0.192. The highest BCUT2D eigenvalue weighted by Crippen LogP contribution is 2.21. The van der Waals surface area contributed by atoms with Gasteiger partial charge in [0, 0.05) is 25.9 Å². The van der Waals surface area contributed by atoms with Crippen LogP contribution >= 0.6 is 11.3 Å². The van der Waals surface area contributed by atoms with Gasteiger partial charge >= 0.3 is 30.2 Å². The van der Waals surface area contributed by atoms with E-state index >= 15 is 0 Å². The zero-order valence-electron chi connectivity index (χ0n) is 13.9. The van der Waals surface area contributed by atoms with E-state index in [2.05, 4.69) is 15.6 Å². The molecule has 1 unspecified atom stereocenters. The van der Waals surface area contributed by atoms with Gasteiger partial charge in [0.15, 0.2) is 0 Å². The van der Waals surface area contributed by atoms with E-state index in [4.69, 9.17) is 20.7 Å². The quantitative estimate of drug-likeness (QED) is 0.464. The molecule has 11 nitrogen and oxygen atoms in total. The summed E-state index contributed by atoms with van der Waals surface area (Å²) in [6.07, 6.45) is -5.07. The molecule has 0 bridgehead atoms. The predicted octanol–water partition coefficient (Wildman–Crippen LogP) is 0.216. The number of anilines is 1. The molecule has 0 fully saturated rings. The third kappa shape index (κ3) is 7.87. The molecule has 1 aromatic rings. The lowest BCUT2D eigenvalue weighted by Gasteiger charge is -2.16. The van der Waals surface area contributed by atoms with E-state index in [1.807, 2.05) is 0 Å². The summed E-state index contributed by atoms with van der Waals surface area (Å²) in [4.78, 5) is 47.7. The van der Waals surface area contributed by atoms with E-state index in [9.17, 15) is 27.6 Å². The number of carbonyl (C=O) groups is 4. The number of nitrogens with one attached hydrogen (secondary N) is 2. The number of rotatable bonds is 4.